The van der Waals surface area contributed by atoms with Crippen LogP contribution in [0.1, 0.15) is 37.7 Å². The third-order valence-corrected chi connectivity index (χ3v) is 4.38. The Balaban J connectivity index is 1.66. The molecule has 0 saturated heterocycles. The number of aliphatic hydroxyl groups is 1. The predicted octanol–water partition coefficient (Wildman–Crippen LogP) is 1.09. The Bertz CT molecular complexity index is 530. The van der Waals surface area contributed by atoms with Gasteiger partial charge in [-0.05, 0) is 43.4 Å². The first-order valence-corrected chi connectivity index (χ1v) is 7.55. The summed E-state index contributed by atoms with van der Waals surface area (Å²) in [7, 11) is 0. The molecule has 5 nitrogen and oxygen atoms in total. The van der Waals surface area contributed by atoms with Gasteiger partial charge in [-0.1, -0.05) is 12.1 Å². The fourth-order valence-electron chi connectivity index (χ4n) is 3.05. The summed E-state index contributed by atoms with van der Waals surface area (Å²) >= 11 is 0. The average molecular weight is 290 g/mol. The van der Waals surface area contributed by atoms with Gasteiger partial charge < -0.3 is 20.9 Å². The van der Waals surface area contributed by atoms with Crippen molar-refractivity contribution in [3.05, 3.63) is 29.8 Å². The smallest absolute Gasteiger partial charge is 0.237 e. The zero-order valence-electron chi connectivity index (χ0n) is 12.0. The summed E-state index contributed by atoms with van der Waals surface area (Å²) in [6, 6.07) is 7.86. The fourth-order valence-corrected chi connectivity index (χ4v) is 3.05. The number of rotatable bonds is 6. The molecule has 2 saturated carbocycles. The zero-order chi connectivity index (χ0) is 14.9. The predicted molar refractivity (Wildman–Crippen MR) is 78.7 cm³/mol. The van der Waals surface area contributed by atoms with E-state index in [1.807, 2.05) is 24.3 Å². The van der Waals surface area contributed by atoms with Crippen LogP contribution < -0.4 is 15.8 Å². The van der Waals surface area contributed by atoms with Crippen LogP contribution in [-0.2, 0) is 11.4 Å². The Morgan fingerprint density at radius 1 is 1.43 bits per heavy atom. The van der Waals surface area contributed by atoms with Crippen molar-refractivity contribution in [2.24, 2.45) is 5.73 Å². The molecule has 0 aromatic heterocycles. The van der Waals surface area contributed by atoms with Crippen molar-refractivity contribution in [2.75, 3.05) is 0 Å². The number of hydrogen-bond acceptors (Lipinski definition) is 4. The maximum absolute atomic E-state index is 11.9. The van der Waals surface area contributed by atoms with Crippen LogP contribution in [0.3, 0.4) is 0 Å². The van der Waals surface area contributed by atoms with E-state index in [0.29, 0.717) is 12.5 Å². The van der Waals surface area contributed by atoms with Crippen molar-refractivity contribution in [1.82, 2.24) is 5.32 Å². The maximum atomic E-state index is 11.9. The number of amides is 1. The number of nitrogens with two attached hydrogens (primary N) is 1. The molecule has 0 radical (unpaired) electrons. The number of hydrogen-bond donors (Lipinski definition) is 3. The monoisotopic (exact) mass is 290 g/mol. The van der Waals surface area contributed by atoms with Gasteiger partial charge in [0, 0.05) is 12.5 Å². The lowest BCUT2D eigenvalue weighted by Crippen LogP contribution is -2.55. The van der Waals surface area contributed by atoms with Gasteiger partial charge in [-0.3, -0.25) is 4.79 Å². The Kier molecular flexibility index (Phi) is 3.87. The highest BCUT2D eigenvalue weighted by Crippen LogP contribution is 2.36. The molecular formula is C16H22N2O3. The highest BCUT2D eigenvalue weighted by Gasteiger charge is 2.47. The van der Waals surface area contributed by atoms with E-state index in [-0.39, 0.29) is 18.6 Å². The first kappa shape index (κ1) is 14.4. The Morgan fingerprint density at radius 3 is 2.90 bits per heavy atom. The molecule has 2 fully saturated rings. The van der Waals surface area contributed by atoms with Gasteiger partial charge in [-0.15, -0.1) is 0 Å². The topological polar surface area (TPSA) is 84.6 Å². The summed E-state index contributed by atoms with van der Waals surface area (Å²) in [5.74, 6) is 0.461. The normalized spacial score (nSPS) is 28.5. The first-order valence-electron chi connectivity index (χ1n) is 7.55. The molecule has 3 rings (SSSR count). The summed E-state index contributed by atoms with van der Waals surface area (Å²) in [5.41, 5.74) is 5.83. The van der Waals surface area contributed by atoms with Gasteiger partial charge in [0.25, 0.3) is 0 Å². The number of ether oxygens (including phenoxy) is 1. The van der Waals surface area contributed by atoms with Crippen LogP contribution >= 0.6 is 0 Å². The van der Waals surface area contributed by atoms with Crippen molar-refractivity contribution in [3.63, 3.8) is 0 Å². The molecule has 2 aliphatic carbocycles. The van der Waals surface area contributed by atoms with Crippen LogP contribution in [0, 0.1) is 0 Å². The lowest BCUT2D eigenvalue weighted by atomic mass is 9.96. The van der Waals surface area contributed by atoms with Gasteiger partial charge in [-0.25, -0.2) is 0 Å². The van der Waals surface area contributed by atoms with Gasteiger partial charge in [-0.2, -0.15) is 0 Å². The number of aliphatic hydroxyl groups excluding tert-OH is 1. The van der Waals surface area contributed by atoms with E-state index >= 15 is 0 Å². The van der Waals surface area contributed by atoms with Crippen LogP contribution in [0.2, 0.25) is 0 Å². The van der Waals surface area contributed by atoms with E-state index in [9.17, 15) is 4.79 Å². The summed E-state index contributed by atoms with van der Waals surface area (Å²) in [6.07, 6.45) is 4.38. The maximum Gasteiger partial charge on any atom is 0.237 e. The molecule has 1 amide bonds. The van der Waals surface area contributed by atoms with Gasteiger partial charge >= 0.3 is 0 Å². The van der Waals surface area contributed by atoms with Crippen LogP contribution in [0.25, 0.3) is 0 Å². The number of nitrogens with one attached hydrogen (secondary N) is 1. The Labute approximate surface area is 124 Å². The van der Waals surface area contributed by atoms with E-state index in [4.69, 9.17) is 15.6 Å². The molecule has 5 heteroatoms. The quantitative estimate of drug-likeness (QED) is 0.732. The van der Waals surface area contributed by atoms with E-state index in [2.05, 4.69) is 5.32 Å². The van der Waals surface area contributed by atoms with Crippen molar-refractivity contribution in [2.45, 2.75) is 56.4 Å². The van der Waals surface area contributed by atoms with E-state index < -0.39 is 5.54 Å². The molecule has 1 aromatic rings. The minimum Gasteiger partial charge on any atom is -0.490 e. The first-order chi connectivity index (χ1) is 10.1. The van der Waals surface area contributed by atoms with Crippen molar-refractivity contribution in [1.29, 1.82) is 0 Å². The second-order valence-corrected chi connectivity index (χ2v) is 6.15. The highest BCUT2D eigenvalue weighted by molar-refractivity contribution is 5.85. The van der Waals surface area contributed by atoms with Gasteiger partial charge in [0.05, 0.1) is 6.61 Å². The number of benzene rings is 1. The third kappa shape index (κ3) is 3.19. The molecule has 21 heavy (non-hydrogen) atoms. The second-order valence-electron chi connectivity index (χ2n) is 6.15. The summed E-state index contributed by atoms with van der Waals surface area (Å²) < 4.78 is 5.97. The molecule has 0 spiro atoms. The van der Waals surface area contributed by atoms with Crippen molar-refractivity contribution >= 4 is 5.91 Å². The summed E-state index contributed by atoms with van der Waals surface area (Å²) in [4.78, 5) is 11.9. The SMILES string of the molecule is NC(=O)C1(NC2CC2)CCC(Oc2cccc(CO)c2)C1. The van der Waals surface area contributed by atoms with Crippen LogP contribution in [-0.4, -0.2) is 28.7 Å². The van der Waals surface area contributed by atoms with Crippen LogP contribution in [0.4, 0.5) is 0 Å². The molecule has 114 valence electrons. The number of carbonyl (C=O) groups is 1. The molecule has 1 aromatic carbocycles. The number of primary amides is 1. The minimum absolute atomic E-state index is 0.00365. The molecule has 2 atom stereocenters. The van der Waals surface area contributed by atoms with Crippen molar-refractivity contribution < 1.29 is 14.6 Å². The van der Waals surface area contributed by atoms with E-state index in [1.54, 1.807) is 0 Å². The van der Waals surface area contributed by atoms with Gasteiger partial charge in [0.2, 0.25) is 5.91 Å². The van der Waals surface area contributed by atoms with Gasteiger partial charge in [0.1, 0.15) is 17.4 Å². The van der Waals surface area contributed by atoms with Crippen molar-refractivity contribution in [3.8, 4) is 5.75 Å². The fraction of sp³-hybridized carbons (Fsp3) is 0.562. The largest absolute Gasteiger partial charge is 0.490 e. The lowest BCUT2D eigenvalue weighted by molar-refractivity contribution is -0.124. The standard InChI is InChI=1S/C16H22N2O3/c17-15(20)16(18-12-4-5-12)7-6-14(9-16)21-13-3-1-2-11(8-13)10-19/h1-3,8,12,14,18-19H,4-7,9-10H2,(H2,17,20). The number of carbonyl (C=O) groups excluding carboxylic acids is 1. The summed E-state index contributed by atoms with van der Waals surface area (Å²) in [6.45, 7) is -0.00365. The van der Waals surface area contributed by atoms with Crippen LogP contribution in [0.15, 0.2) is 24.3 Å². The van der Waals surface area contributed by atoms with E-state index in [1.165, 1.54) is 0 Å². The average Bonchev–Trinajstić information content (AvgIpc) is 3.19. The minimum atomic E-state index is -0.611. The lowest BCUT2D eigenvalue weighted by Gasteiger charge is -2.27. The van der Waals surface area contributed by atoms with E-state index in [0.717, 1.165) is 37.0 Å². The Morgan fingerprint density at radius 2 is 2.24 bits per heavy atom. The summed E-state index contributed by atoms with van der Waals surface area (Å²) in [5, 5.41) is 12.6. The van der Waals surface area contributed by atoms with Crippen LogP contribution in [0.5, 0.6) is 5.75 Å². The molecule has 0 aliphatic heterocycles. The zero-order valence-corrected chi connectivity index (χ0v) is 12.0. The molecular weight excluding hydrogens is 268 g/mol. The van der Waals surface area contributed by atoms with Gasteiger partial charge in [0.15, 0.2) is 0 Å². The molecule has 0 heterocycles. The molecule has 4 N–H and O–H groups in total. The highest BCUT2D eigenvalue weighted by atomic mass is 16.5. The molecule has 2 unspecified atom stereocenters. The Hall–Kier alpha value is -1.59. The second kappa shape index (κ2) is 5.66. The molecule has 0 bridgehead atoms. The molecule has 2 aliphatic rings. The third-order valence-electron chi connectivity index (χ3n) is 4.38.